The number of hydrogen-bond acceptors (Lipinski definition) is 2. The summed E-state index contributed by atoms with van der Waals surface area (Å²) in [6.07, 6.45) is 13.0. The van der Waals surface area contributed by atoms with Crippen LogP contribution in [0.4, 0.5) is 0 Å². The Morgan fingerprint density at radius 1 is 0.947 bits per heavy atom. The van der Waals surface area contributed by atoms with E-state index in [0.29, 0.717) is 0 Å². The summed E-state index contributed by atoms with van der Waals surface area (Å²) in [6.45, 7) is 6.07. The molecule has 0 unspecified atom stereocenters. The lowest BCUT2D eigenvalue weighted by Gasteiger charge is -2.33. The smallest absolute Gasteiger partial charge is 0.0107 e. The van der Waals surface area contributed by atoms with Gasteiger partial charge in [-0.1, -0.05) is 26.2 Å². The van der Waals surface area contributed by atoms with Gasteiger partial charge >= 0.3 is 0 Å². The highest BCUT2D eigenvalue weighted by molar-refractivity contribution is 4.77. The molecule has 0 heterocycles. The standard InChI is InChI=1S/C17H34N2/c1-15-8-10-17(11-9-15)19(2)13-12-18-14-16-6-4-3-5-7-16/h15-18H,3-14H2,1-2H3. The quantitative estimate of drug-likeness (QED) is 0.738. The van der Waals surface area contributed by atoms with Crippen molar-refractivity contribution in [3.63, 3.8) is 0 Å². The maximum Gasteiger partial charge on any atom is 0.0107 e. The van der Waals surface area contributed by atoms with Gasteiger partial charge < -0.3 is 10.2 Å². The van der Waals surface area contributed by atoms with Crippen molar-refractivity contribution in [3.8, 4) is 0 Å². The largest absolute Gasteiger partial charge is 0.315 e. The highest BCUT2D eigenvalue weighted by Gasteiger charge is 2.21. The Hall–Kier alpha value is -0.0800. The molecule has 1 N–H and O–H groups in total. The molecule has 2 aliphatic carbocycles. The van der Waals surface area contributed by atoms with Crippen LogP contribution >= 0.6 is 0 Å². The van der Waals surface area contributed by atoms with E-state index in [0.717, 1.165) is 17.9 Å². The van der Waals surface area contributed by atoms with Gasteiger partial charge in [0.1, 0.15) is 0 Å². The Bertz CT molecular complexity index is 227. The van der Waals surface area contributed by atoms with E-state index < -0.39 is 0 Å². The summed E-state index contributed by atoms with van der Waals surface area (Å²) in [4.78, 5) is 2.60. The normalized spacial score (nSPS) is 29.8. The van der Waals surface area contributed by atoms with E-state index in [1.807, 2.05) is 0 Å². The molecule has 2 saturated carbocycles. The van der Waals surface area contributed by atoms with Crippen LogP contribution in [-0.4, -0.2) is 37.6 Å². The Morgan fingerprint density at radius 2 is 1.63 bits per heavy atom. The van der Waals surface area contributed by atoms with Crippen molar-refractivity contribution < 1.29 is 0 Å². The summed E-state index contributed by atoms with van der Waals surface area (Å²) in [5, 5.41) is 3.69. The zero-order valence-corrected chi connectivity index (χ0v) is 13.2. The van der Waals surface area contributed by atoms with Crippen molar-refractivity contribution in [1.29, 1.82) is 0 Å². The van der Waals surface area contributed by atoms with Gasteiger partial charge in [0.15, 0.2) is 0 Å². The molecule has 2 rings (SSSR count). The number of nitrogens with zero attached hydrogens (tertiary/aromatic N) is 1. The summed E-state index contributed by atoms with van der Waals surface area (Å²) in [5.74, 6) is 1.93. The van der Waals surface area contributed by atoms with E-state index in [2.05, 4.69) is 24.2 Å². The van der Waals surface area contributed by atoms with Gasteiger partial charge in [0.2, 0.25) is 0 Å². The second kappa shape index (κ2) is 8.26. The molecule has 0 atom stereocenters. The van der Waals surface area contributed by atoms with Crippen LogP contribution in [0, 0.1) is 11.8 Å². The molecule has 0 saturated heterocycles. The Labute approximate surface area is 120 Å². The molecule has 0 amide bonds. The van der Waals surface area contributed by atoms with Crippen LogP contribution in [0.5, 0.6) is 0 Å². The van der Waals surface area contributed by atoms with Gasteiger partial charge in [-0.05, 0) is 64.0 Å². The number of hydrogen-bond donors (Lipinski definition) is 1. The van der Waals surface area contributed by atoms with E-state index in [4.69, 9.17) is 0 Å². The summed E-state index contributed by atoms with van der Waals surface area (Å²) in [7, 11) is 2.32. The molecule has 2 heteroatoms. The van der Waals surface area contributed by atoms with Gasteiger partial charge in [0.25, 0.3) is 0 Å². The molecular weight excluding hydrogens is 232 g/mol. The van der Waals surface area contributed by atoms with Crippen LogP contribution in [0.15, 0.2) is 0 Å². The maximum atomic E-state index is 3.69. The number of rotatable bonds is 6. The molecule has 0 bridgehead atoms. The van der Waals surface area contributed by atoms with Crippen LogP contribution < -0.4 is 5.32 Å². The van der Waals surface area contributed by atoms with Gasteiger partial charge in [0, 0.05) is 19.1 Å². The highest BCUT2D eigenvalue weighted by atomic mass is 15.1. The second-order valence-corrected chi connectivity index (χ2v) is 7.10. The van der Waals surface area contributed by atoms with E-state index >= 15 is 0 Å². The summed E-state index contributed by atoms with van der Waals surface area (Å²) >= 11 is 0. The van der Waals surface area contributed by atoms with Gasteiger partial charge in [0.05, 0.1) is 0 Å². The predicted octanol–water partition coefficient (Wildman–Crippen LogP) is 3.67. The maximum absolute atomic E-state index is 3.69. The number of likely N-dealkylation sites (N-methyl/N-ethyl adjacent to an activating group) is 1. The zero-order valence-electron chi connectivity index (χ0n) is 13.2. The van der Waals surface area contributed by atoms with Crippen LogP contribution in [0.2, 0.25) is 0 Å². The van der Waals surface area contributed by atoms with Crippen LogP contribution in [0.1, 0.15) is 64.7 Å². The Morgan fingerprint density at radius 3 is 2.32 bits per heavy atom. The van der Waals surface area contributed by atoms with Crippen molar-refractivity contribution >= 4 is 0 Å². The molecule has 0 radical (unpaired) electrons. The molecule has 2 fully saturated rings. The first kappa shape index (κ1) is 15.3. The lowest BCUT2D eigenvalue weighted by atomic mass is 9.87. The fourth-order valence-corrected chi connectivity index (χ4v) is 3.82. The summed E-state index contributed by atoms with van der Waals surface area (Å²) < 4.78 is 0. The first-order valence-corrected chi connectivity index (χ1v) is 8.66. The third kappa shape index (κ3) is 5.43. The zero-order chi connectivity index (χ0) is 13.5. The molecular formula is C17H34N2. The second-order valence-electron chi connectivity index (χ2n) is 7.10. The van der Waals surface area contributed by atoms with E-state index in [-0.39, 0.29) is 0 Å². The molecule has 0 aromatic rings. The molecule has 0 aromatic heterocycles. The third-order valence-corrected chi connectivity index (χ3v) is 5.41. The van der Waals surface area contributed by atoms with Crippen molar-refractivity contribution in [2.24, 2.45) is 11.8 Å². The van der Waals surface area contributed by atoms with Crippen LogP contribution in [0.3, 0.4) is 0 Å². The summed E-state index contributed by atoms with van der Waals surface area (Å²) in [6, 6.07) is 0.854. The lowest BCUT2D eigenvalue weighted by Crippen LogP contribution is -2.39. The molecule has 0 spiro atoms. The van der Waals surface area contributed by atoms with Crippen LogP contribution in [0.25, 0.3) is 0 Å². The van der Waals surface area contributed by atoms with Gasteiger partial charge in [-0.15, -0.1) is 0 Å². The molecule has 2 nitrogen and oxygen atoms in total. The first-order valence-electron chi connectivity index (χ1n) is 8.66. The lowest BCUT2D eigenvalue weighted by molar-refractivity contribution is 0.170. The minimum atomic E-state index is 0.854. The van der Waals surface area contributed by atoms with Crippen molar-refractivity contribution in [3.05, 3.63) is 0 Å². The van der Waals surface area contributed by atoms with Crippen molar-refractivity contribution in [1.82, 2.24) is 10.2 Å². The van der Waals surface area contributed by atoms with E-state index in [1.54, 1.807) is 0 Å². The van der Waals surface area contributed by atoms with Crippen LogP contribution in [-0.2, 0) is 0 Å². The van der Waals surface area contributed by atoms with E-state index in [1.165, 1.54) is 77.4 Å². The Kier molecular flexibility index (Phi) is 6.66. The first-order chi connectivity index (χ1) is 9.25. The topological polar surface area (TPSA) is 15.3 Å². The minimum absolute atomic E-state index is 0.854. The fraction of sp³-hybridized carbons (Fsp3) is 1.00. The van der Waals surface area contributed by atoms with Gasteiger partial charge in [-0.2, -0.15) is 0 Å². The molecule has 19 heavy (non-hydrogen) atoms. The average molecular weight is 266 g/mol. The van der Waals surface area contributed by atoms with E-state index in [9.17, 15) is 0 Å². The summed E-state index contributed by atoms with van der Waals surface area (Å²) in [5.41, 5.74) is 0. The highest BCUT2D eigenvalue weighted by Crippen LogP contribution is 2.26. The molecule has 0 aliphatic heterocycles. The molecule has 2 aliphatic rings. The SMILES string of the molecule is CC1CCC(N(C)CCNCC2CCCCC2)CC1. The third-order valence-electron chi connectivity index (χ3n) is 5.41. The van der Waals surface area contributed by atoms with Crippen molar-refractivity contribution in [2.75, 3.05) is 26.7 Å². The predicted molar refractivity (Wildman–Crippen MR) is 83.5 cm³/mol. The van der Waals surface area contributed by atoms with Gasteiger partial charge in [-0.3, -0.25) is 0 Å². The molecule has 112 valence electrons. The number of nitrogens with one attached hydrogen (secondary N) is 1. The average Bonchev–Trinajstić information content (AvgIpc) is 2.45. The minimum Gasteiger partial charge on any atom is -0.315 e. The molecule has 0 aromatic carbocycles. The monoisotopic (exact) mass is 266 g/mol. The fourth-order valence-electron chi connectivity index (χ4n) is 3.82. The Balaban J connectivity index is 1.52. The van der Waals surface area contributed by atoms with Gasteiger partial charge in [-0.25, -0.2) is 0 Å². The van der Waals surface area contributed by atoms with Crippen molar-refractivity contribution in [2.45, 2.75) is 70.8 Å².